The van der Waals surface area contributed by atoms with Crippen LogP contribution >= 0.6 is 23.5 Å². The number of nitrogens with zero attached hydrogens (tertiary/aromatic N) is 1. The first-order chi connectivity index (χ1) is 7.90. The molecule has 0 radical (unpaired) electrons. The highest BCUT2D eigenvalue weighted by atomic mass is 32.2. The second-order valence-electron chi connectivity index (χ2n) is 5.25. The van der Waals surface area contributed by atoms with Crippen LogP contribution < -0.4 is 5.32 Å². The van der Waals surface area contributed by atoms with Gasteiger partial charge in [0.05, 0.1) is 0 Å². The van der Waals surface area contributed by atoms with Crippen LogP contribution in [0.25, 0.3) is 0 Å². The molecule has 3 aliphatic rings. The van der Waals surface area contributed by atoms with Gasteiger partial charge in [-0.3, -0.25) is 0 Å². The van der Waals surface area contributed by atoms with Gasteiger partial charge in [-0.1, -0.05) is 0 Å². The highest BCUT2D eigenvalue weighted by Gasteiger charge is 2.30. The van der Waals surface area contributed by atoms with Crippen molar-refractivity contribution >= 4 is 23.5 Å². The van der Waals surface area contributed by atoms with Crippen LogP contribution in [0.4, 0.5) is 0 Å². The van der Waals surface area contributed by atoms with Crippen LogP contribution in [0.5, 0.6) is 0 Å². The lowest BCUT2D eigenvalue weighted by Crippen LogP contribution is -2.37. The molecule has 0 bridgehead atoms. The van der Waals surface area contributed by atoms with E-state index in [9.17, 15) is 0 Å². The molecule has 0 aromatic rings. The summed E-state index contributed by atoms with van der Waals surface area (Å²) in [5.41, 5.74) is 0. The number of hydrogen-bond acceptors (Lipinski definition) is 4. The molecule has 3 fully saturated rings. The van der Waals surface area contributed by atoms with Crippen LogP contribution in [-0.2, 0) is 0 Å². The van der Waals surface area contributed by atoms with Crippen LogP contribution in [0.1, 0.15) is 19.3 Å². The van der Waals surface area contributed by atoms with E-state index in [1.807, 2.05) is 0 Å². The van der Waals surface area contributed by atoms with Crippen molar-refractivity contribution in [2.75, 3.05) is 36.9 Å². The zero-order valence-electron chi connectivity index (χ0n) is 9.86. The molecule has 2 saturated heterocycles. The topological polar surface area (TPSA) is 15.3 Å². The van der Waals surface area contributed by atoms with Crippen molar-refractivity contribution in [3.05, 3.63) is 0 Å². The zero-order valence-corrected chi connectivity index (χ0v) is 11.5. The van der Waals surface area contributed by atoms with E-state index in [2.05, 4.69) is 33.7 Å². The summed E-state index contributed by atoms with van der Waals surface area (Å²) in [5.74, 6) is 4.11. The maximum absolute atomic E-state index is 3.77. The molecule has 2 heterocycles. The summed E-state index contributed by atoms with van der Waals surface area (Å²) in [4.78, 5) is 2.68. The minimum Gasteiger partial charge on any atom is -0.310 e. The van der Waals surface area contributed by atoms with Crippen molar-refractivity contribution in [3.8, 4) is 0 Å². The minimum absolute atomic E-state index is 0.800. The molecule has 2 unspecified atom stereocenters. The van der Waals surface area contributed by atoms with Crippen LogP contribution in [0, 0.1) is 0 Å². The average molecular weight is 258 g/mol. The van der Waals surface area contributed by atoms with Crippen LogP contribution in [0.2, 0.25) is 0 Å². The normalized spacial score (nSPS) is 36.8. The molecule has 0 spiro atoms. The summed E-state index contributed by atoms with van der Waals surface area (Å²) in [5, 5.41) is 4.67. The summed E-state index contributed by atoms with van der Waals surface area (Å²) < 4.78 is 0. The quantitative estimate of drug-likeness (QED) is 0.824. The Morgan fingerprint density at radius 2 is 2.06 bits per heavy atom. The van der Waals surface area contributed by atoms with Gasteiger partial charge < -0.3 is 10.2 Å². The maximum Gasteiger partial charge on any atom is 0.0265 e. The number of thioether (sulfide) groups is 2. The molecule has 1 saturated carbocycles. The van der Waals surface area contributed by atoms with Crippen molar-refractivity contribution < 1.29 is 0 Å². The van der Waals surface area contributed by atoms with E-state index in [0.717, 1.165) is 17.3 Å². The lowest BCUT2D eigenvalue weighted by atomic mass is 10.2. The van der Waals surface area contributed by atoms with Crippen molar-refractivity contribution in [1.82, 2.24) is 10.2 Å². The Morgan fingerprint density at radius 1 is 1.12 bits per heavy atom. The Bertz CT molecular complexity index is 227. The van der Waals surface area contributed by atoms with Gasteiger partial charge in [-0.2, -0.15) is 23.5 Å². The van der Waals surface area contributed by atoms with Crippen molar-refractivity contribution in [3.63, 3.8) is 0 Å². The summed E-state index contributed by atoms with van der Waals surface area (Å²) in [7, 11) is 0. The number of rotatable bonds is 4. The smallest absolute Gasteiger partial charge is 0.0265 e. The van der Waals surface area contributed by atoms with Gasteiger partial charge in [0.1, 0.15) is 0 Å². The number of nitrogens with one attached hydrogen (secondary N) is 1. The molecule has 0 amide bonds. The standard InChI is InChI=1S/C12H22N2S2/c1-2-10(1)13-11-3-4-14(7-11)8-12-9-15-5-6-16-12/h10-13H,1-9H2. The van der Waals surface area contributed by atoms with Gasteiger partial charge in [-0.15, -0.1) is 0 Å². The van der Waals surface area contributed by atoms with E-state index in [-0.39, 0.29) is 0 Å². The highest BCUT2D eigenvalue weighted by molar-refractivity contribution is 8.06. The van der Waals surface area contributed by atoms with Crippen LogP contribution in [0.3, 0.4) is 0 Å². The first-order valence-corrected chi connectivity index (χ1v) is 8.78. The predicted octanol–water partition coefficient (Wildman–Crippen LogP) is 1.66. The van der Waals surface area contributed by atoms with Gasteiger partial charge in [0.15, 0.2) is 0 Å². The Kier molecular flexibility index (Phi) is 4.03. The van der Waals surface area contributed by atoms with E-state index < -0.39 is 0 Å². The van der Waals surface area contributed by atoms with E-state index >= 15 is 0 Å². The van der Waals surface area contributed by atoms with E-state index in [4.69, 9.17) is 0 Å². The molecule has 0 aromatic heterocycles. The summed E-state index contributed by atoms with van der Waals surface area (Å²) >= 11 is 4.34. The van der Waals surface area contributed by atoms with Crippen LogP contribution in [0.15, 0.2) is 0 Å². The fourth-order valence-electron chi connectivity index (χ4n) is 2.65. The Morgan fingerprint density at radius 3 is 2.81 bits per heavy atom. The molecule has 4 heteroatoms. The molecule has 16 heavy (non-hydrogen) atoms. The zero-order chi connectivity index (χ0) is 10.8. The second-order valence-corrected chi connectivity index (χ2v) is 7.81. The largest absolute Gasteiger partial charge is 0.310 e. The lowest BCUT2D eigenvalue weighted by molar-refractivity contribution is 0.332. The Hall–Kier alpha value is 0.620. The highest BCUT2D eigenvalue weighted by Crippen LogP contribution is 2.26. The van der Waals surface area contributed by atoms with Crippen molar-refractivity contribution in [1.29, 1.82) is 0 Å². The summed E-state index contributed by atoms with van der Waals surface area (Å²) in [6, 6.07) is 1.68. The third-order valence-electron chi connectivity index (χ3n) is 3.67. The molecule has 2 nitrogen and oxygen atoms in total. The van der Waals surface area contributed by atoms with Gasteiger partial charge >= 0.3 is 0 Å². The average Bonchev–Trinajstić information content (AvgIpc) is 3.01. The first-order valence-electron chi connectivity index (χ1n) is 6.58. The third-order valence-corrected chi connectivity index (χ3v) is 6.50. The third kappa shape index (κ3) is 3.31. The first kappa shape index (κ1) is 11.7. The van der Waals surface area contributed by atoms with Gasteiger partial charge in [-0.25, -0.2) is 0 Å². The molecular weight excluding hydrogens is 236 g/mol. The molecule has 0 aromatic carbocycles. The SMILES string of the molecule is C1CSC(CN2CCC(NC3CC3)C2)CS1. The van der Waals surface area contributed by atoms with Gasteiger partial charge in [0.2, 0.25) is 0 Å². The lowest BCUT2D eigenvalue weighted by Gasteiger charge is -2.26. The maximum atomic E-state index is 3.77. The molecule has 3 rings (SSSR count). The summed E-state index contributed by atoms with van der Waals surface area (Å²) in [6.07, 6.45) is 4.22. The predicted molar refractivity (Wildman–Crippen MR) is 74.6 cm³/mol. The molecular formula is C12H22N2S2. The van der Waals surface area contributed by atoms with E-state index in [1.165, 1.54) is 56.2 Å². The monoisotopic (exact) mass is 258 g/mol. The molecule has 92 valence electrons. The van der Waals surface area contributed by atoms with Gasteiger partial charge in [0.25, 0.3) is 0 Å². The minimum atomic E-state index is 0.800. The Labute approximate surface area is 107 Å². The van der Waals surface area contributed by atoms with Crippen molar-refractivity contribution in [2.45, 2.75) is 36.6 Å². The van der Waals surface area contributed by atoms with Gasteiger partial charge in [0, 0.05) is 47.7 Å². The second kappa shape index (κ2) is 5.51. The van der Waals surface area contributed by atoms with E-state index in [1.54, 1.807) is 0 Å². The van der Waals surface area contributed by atoms with Crippen molar-refractivity contribution in [2.24, 2.45) is 0 Å². The molecule has 2 aliphatic heterocycles. The molecule has 1 aliphatic carbocycles. The summed E-state index contributed by atoms with van der Waals surface area (Å²) in [6.45, 7) is 3.96. The van der Waals surface area contributed by atoms with Gasteiger partial charge in [-0.05, 0) is 25.8 Å². The Balaban J connectivity index is 1.38. The molecule has 2 atom stereocenters. The fourth-order valence-corrected chi connectivity index (χ4v) is 5.36. The van der Waals surface area contributed by atoms with Crippen LogP contribution in [-0.4, -0.2) is 59.1 Å². The number of hydrogen-bond donors (Lipinski definition) is 1. The fraction of sp³-hybridized carbons (Fsp3) is 1.00. The van der Waals surface area contributed by atoms with E-state index in [0.29, 0.717) is 0 Å². The molecule has 1 N–H and O–H groups in total. The number of likely N-dealkylation sites (tertiary alicyclic amines) is 1.